The number of hydrogen-bond acceptors (Lipinski definition) is 3. The summed E-state index contributed by atoms with van der Waals surface area (Å²) in [6, 6.07) is 9.45. The maximum atomic E-state index is 8.89. The lowest BCUT2D eigenvalue weighted by Gasteiger charge is -2.20. The van der Waals surface area contributed by atoms with Crippen LogP contribution in [0.25, 0.3) is 5.57 Å². The van der Waals surface area contributed by atoms with Gasteiger partial charge in [-0.15, -0.1) is 0 Å². The van der Waals surface area contributed by atoms with Crippen molar-refractivity contribution in [1.82, 2.24) is 0 Å². The summed E-state index contributed by atoms with van der Waals surface area (Å²) in [4.78, 5) is 0. The van der Waals surface area contributed by atoms with Crippen molar-refractivity contribution in [3.8, 4) is 17.9 Å². The molecule has 78 valence electrons. The standard InChI is InChI=1S/C12H7BrN2O/c13-9-1-2-12-11(5-9)10(3-4-16-12)8(6-14)7-15/h1-2,5H,3-4H2. The number of benzene rings is 1. The number of ether oxygens (including phenoxy) is 1. The molecule has 0 radical (unpaired) electrons. The van der Waals surface area contributed by atoms with E-state index in [1.165, 1.54) is 0 Å². The van der Waals surface area contributed by atoms with Gasteiger partial charge in [-0.3, -0.25) is 0 Å². The SMILES string of the molecule is N#CC(C#N)=C1CCOc2ccc(Br)cc21. The second-order valence-electron chi connectivity index (χ2n) is 3.32. The van der Waals surface area contributed by atoms with Gasteiger partial charge in [-0.25, -0.2) is 0 Å². The zero-order valence-electron chi connectivity index (χ0n) is 8.33. The fourth-order valence-electron chi connectivity index (χ4n) is 1.68. The highest BCUT2D eigenvalue weighted by molar-refractivity contribution is 9.10. The summed E-state index contributed by atoms with van der Waals surface area (Å²) in [5.74, 6) is 0.729. The minimum atomic E-state index is 0.169. The molecule has 16 heavy (non-hydrogen) atoms. The Balaban J connectivity index is 2.66. The Morgan fingerprint density at radius 3 is 2.75 bits per heavy atom. The van der Waals surface area contributed by atoms with Gasteiger partial charge in [0.15, 0.2) is 0 Å². The fourth-order valence-corrected chi connectivity index (χ4v) is 2.04. The molecule has 0 aliphatic carbocycles. The van der Waals surface area contributed by atoms with E-state index >= 15 is 0 Å². The highest BCUT2D eigenvalue weighted by Crippen LogP contribution is 2.36. The normalized spacial score (nSPS) is 13.1. The van der Waals surface area contributed by atoms with Gasteiger partial charge in [0.1, 0.15) is 23.5 Å². The molecule has 1 aliphatic rings. The largest absolute Gasteiger partial charge is 0.493 e. The molecule has 1 aliphatic heterocycles. The molecule has 0 saturated heterocycles. The average molecular weight is 275 g/mol. The Labute approximate surface area is 102 Å². The van der Waals surface area contributed by atoms with E-state index < -0.39 is 0 Å². The summed E-state index contributed by atoms with van der Waals surface area (Å²) < 4.78 is 6.38. The van der Waals surface area contributed by atoms with Crippen LogP contribution in [0, 0.1) is 22.7 Å². The third kappa shape index (κ3) is 1.80. The van der Waals surface area contributed by atoms with Gasteiger partial charge >= 0.3 is 0 Å². The summed E-state index contributed by atoms with van der Waals surface area (Å²) in [6.45, 7) is 0.511. The molecule has 4 heteroatoms. The van der Waals surface area contributed by atoms with Crippen molar-refractivity contribution < 1.29 is 4.74 Å². The monoisotopic (exact) mass is 274 g/mol. The van der Waals surface area contributed by atoms with Crippen molar-refractivity contribution in [3.05, 3.63) is 33.8 Å². The van der Waals surface area contributed by atoms with E-state index in [9.17, 15) is 0 Å². The molecule has 0 unspecified atom stereocenters. The van der Waals surface area contributed by atoms with Gasteiger partial charge < -0.3 is 4.74 Å². The quantitative estimate of drug-likeness (QED) is 0.684. The zero-order chi connectivity index (χ0) is 11.5. The molecular weight excluding hydrogens is 268 g/mol. The molecule has 0 fully saturated rings. The average Bonchev–Trinajstić information content (AvgIpc) is 2.31. The van der Waals surface area contributed by atoms with Crippen molar-refractivity contribution in [1.29, 1.82) is 10.5 Å². The number of hydrogen-bond donors (Lipinski definition) is 0. The van der Waals surface area contributed by atoms with Gasteiger partial charge in [0.2, 0.25) is 0 Å². The van der Waals surface area contributed by atoms with E-state index in [2.05, 4.69) is 15.9 Å². The Morgan fingerprint density at radius 1 is 1.31 bits per heavy atom. The Hall–Kier alpha value is -1.78. The van der Waals surface area contributed by atoms with Crippen LogP contribution < -0.4 is 4.74 Å². The fraction of sp³-hybridized carbons (Fsp3) is 0.167. The topological polar surface area (TPSA) is 56.8 Å². The second-order valence-corrected chi connectivity index (χ2v) is 4.23. The third-order valence-electron chi connectivity index (χ3n) is 2.40. The van der Waals surface area contributed by atoms with Gasteiger partial charge in [-0.1, -0.05) is 15.9 Å². The summed E-state index contributed by atoms with van der Waals surface area (Å²) in [6.07, 6.45) is 0.597. The van der Waals surface area contributed by atoms with Crippen LogP contribution in [0.2, 0.25) is 0 Å². The number of allylic oxidation sites excluding steroid dienone is 1. The lowest BCUT2D eigenvalue weighted by Crippen LogP contribution is -2.08. The van der Waals surface area contributed by atoms with Crippen LogP contribution in [-0.4, -0.2) is 6.61 Å². The molecular formula is C12H7BrN2O. The molecule has 0 aromatic heterocycles. The first kappa shape index (κ1) is 10.7. The molecule has 1 aromatic carbocycles. The Kier molecular flexibility index (Phi) is 2.94. The summed E-state index contributed by atoms with van der Waals surface area (Å²) >= 11 is 3.37. The van der Waals surface area contributed by atoms with Crippen LogP contribution in [0.3, 0.4) is 0 Å². The zero-order valence-corrected chi connectivity index (χ0v) is 9.91. The van der Waals surface area contributed by atoms with E-state index in [1.54, 1.807) is 0 Å². The highest BCUT2D eigenvalue weighted by Gasteiger charge is 2.19. The van der Waals surface area contributed by atoms with Crippen LogP contribution in [-0.2, 0) is 0 Å². The minimum Gasteiger partial charge on any atom is -0.493 e. The van der Waals surface area contributed by atoms with Crippen LogP contribution in [0.15, 0.2) is 28.2 Å². The number of rotatable bonds is 0. The number of fused-ring (bicyclic) bond motifs is 1. The van der Waals surface area contributed by atoms with E-state index in [0.29, 0.717) is 13.0 Å². The van der Waals surface area contributed by atoms with Crippen LogP contribution in [0.1, 0.15) is 12.0 Å². The van der Waals surface area contributed by atoms with E-state index in [4.69, 9.17) is 15.3 Å². The molecule has 0 amide bonds. The summed E-state index contributed by atoms with van der Waals surface area (Å²) in [5, 5.41) is 17.8. The van der Waals surface area contributed by atoms with Gasteiger partial charge in [0.25, 0.3) is 0 Å². The molecule has 3 nitrogen and oxygen atoms in total. The minimum absolute atomic E-state index is 0.169. The molecule has 0 bridgehead atoms. The van der Waals surface area contributed by atoms with Crippen molar-refractivity contribution in [2.24, 2.45) is 0 Å². The van der Waals surface area contributed by atoms with E-state index in [0.717, 1.165) is 21.4 Å². The van der Waals surface area contributed by atoms with Crippen molar-refractivity contribution in [3.63, 3.8) is 0 Å². The first-order chi connectivity index (χ1) is 7.76. The van der Waals surface area contributed by atoms with Crippen molar-refractivity contribution in [2.45, 2.75) is 6.42 Å². The van der Waals surface area contributed by atoms with Crippen molar-refractivity contribution in [2.75, 3.05) is 6.61 Å². The van der Waals surface area contributed by atoms with Crippen LogP contribution in [0.4, 0.5) is 0 Å². The molecule has 0 N–H and O–H groups in total. The predicted octanol–water partition coefficient (Wildman–Crippen LogP) is 3.03. The van der Waals surface area contributed by atoms with Gasteiger partial charge in [-0.2, -0.15) is 10.5 Å². The first-order valence-electron chi connectivity index (χ1n) is 4.72. The molecule has 0 atom stereocenters. The van der Waals surface area contributed by atoms with Crippen LogP contribution in [0.5, 0.6) is 5.75 Å². The van der Waals surface area contributed by atoms with E-state index in [1.807, 2.05) is 30.3 Å². The van der Waals surface area contributed by atoms with Gasteiger partial charge in [0.05, 0.1) is 6.61 Å². The van der Waals surface area contributed by atoms with Crippen LogP contribution >= 0.6 is 15.9 Å². The van der Waals surface area contributed by atoms with Gasteiger partial charge in [0, 0.05) is 16.5 Å². The van der Waals surface area contributed by atoms with Gasteiger partial charge in [-0.05, 0) is 23.8 Å². The molecule has 1 heterocycles. The predicted molar refractivity (Wildman–Crippen MR) is 62.4 cm³/mol. The molecule has 0 spiro atoms. The third-order valence-corrected chi connectivity index (χ3v) is 2.89. The maximum absolute atomic E-state index is 8.89. The Morgan fingerprint density at radius 2 is 2.06 bits per heavy atom. The lowest BCUT2D eigenvalue weighted by molar-refractivity contribution is 0.316. The highest BCUT2D eigenvalue weighted by atomic mass is 79.9. The molecule has 0 saturated carbocycles. The summed E-state index contributed by atoms with van der Waals surface area (Å²) in [7, 11) is 0. The smallest absolute Gasteiger partial charge is 0.133 e. The number of halogens is 1. The first-order valence-corrected chi connectivity index (χ1v) is 5.51. The summed E-state index contributed by atoms with van der Waals surface area (Å²) in [5.41, 5.74) is 1.77. The molecule has 1 aromatic rings. The maximum Gasteiger partial charge on any atom is 0.133 e. The van der Waals surface area contributed by atoms with E-state index in [-0.39, 0.29) is 5.57 Å². The number of nitrogens with zero attached hydrogens (tertiary/aromatic N) is 2. The lowest BCUT2D eigenvalue weighted by atomic mass is 9.96. The van der Waals surface area contributed by atoms with Crippen molar-refractivity contribution >= 4 is 21.5 Å². The Bertz CT molecular complexity index is 533. The molecule has 2 rings (SSSR count). The second kappa shape index (κ2) is 4.38. The number of nitriles is 2.